The SMILES string of the molecule is Cn1nc(N)c2c(C#N)ccc(-c3ccc(C#CC(C)(C)O)nc3[C@@H](N)Cc3cc(F)cc(F)c3)c21. The normalized spacial score (nSPS) is 12.2. The summed E-state index contributed by atoms with van der Waals surface area (Å²) in [7, 11) is 1.72. The van der Waals surface area contributed by atoms with Crippen molar-refractivity contribution in [2.45, 2.75) is 31.9 Å². The first kappa shape index (κ1) is 24.8. The number of hydrogen-bond acceptors (Lipinski definition) is 6. The summed E-state index contributed by atoms with van der Waals surface area (Å²) in [6, 6.07) is 11.5. The number of hydrogen-bond donors (Lipinski definition) is 3. The molecule has 0 amide bonds. The number of nitrogen functional groups attached to an aromatic ring is 1. The van der Waals surface area contributed by atoms with Gasteiger partial charge < -0.3 is 16.6 Å². The molecule has 4 rings (SSSR count). The molecule has 2 aromatic heterocycles. The molecule has 7 nitrogen and oxygen atoms in total. The number of aliphatic hydroxyl groups is 1. The summed E-state index contributed by atoms with van der Waals surface area (Å²) >= 11 is 0. The van der Waals surface area contributed by atoms with Crippen LogP contribution in [-0.4, -0.2) is 25.5 Å². The van der Waals surface area contributed by atoms with E-state index in [0.717, 1.165) is 6.07 Å². The average Bonchev–Trinajstić information content (AvgIpc) is 3.10. The lowest BCUT2D eigenvalue weighted by atomic mass is 9.93. The van der Waals surface area contributed by atoms with Crippen molar-refractivity contribution in [2.75, 3.05) is 5.73 Å². The number of halogens is 2. The van der Waals surface area contributed by atoms with Crippen molar-refractivity contribution in [3.05, 3.63) is 76.6 Å². The van der Waals surface area contributed by atoms with Crippen LogP contribution in [0.1, 0.15) is 42.4 Å². The van der Waals surface area contributed by atoms with Crippen molar-refractivity contribution in [3.63, 3.8) is 0 Å². The summed E-state index contributed by atoms with van der Waals surface area (Å²) in [5, 5.41) is 24.4. The third kappa shape index (κ3) is 5.03. The van der Waals surface area contributed by atoms with Crippen molar-refractivity contribution in [1.29, 1.82) is 5.26 Å². The van der Waals surface area contributed by atoms with Gasteiger partial charge in [-0.3, -0.25) is 4.68 Å². The Kier molecular flexibility index (Phi) is 6.47. The Morgan fingerprint density at radius 1 is 1.11 bits per heavy atom. The van der Waals surface area contributed by atoms with Gasteiger partial charge in [-0.2, -0.15) is 10.4 Å². The Balaban J connectivity index is 1.92. The highest BCUT2D eigenvalue weighted by Gasteiger charge is 2.22. The molecule has 4 aromatic rings. The number of nitrogens with two attached hydrogens (primary N) is 2. The van der Waals surface area contributed by atoms with Gasteiger partial charge in [-0.05, 0) is 62.1 Å². The zero-order valence-electron chi connectivity index (χ0n) is 20.0. The van der Waals surface area contributed by atoms with Crippen LogP contribution in [0.25, 0.3) is 22.0 Å². The molecule has 0 spiro atoms. The molecule has 2 aromatic carbocycles. The predicted molar refractivity (Wildman–Crippen MR) is 133 cm³/mol. The van der Waals surface area contributed by atoms with Gasteiger partial charge in [0.1, 0.15) is 22.9 Å². The number of nitrogens with zero attached hydrogens (tertiary/aromatic N) is 4. The van der Waals surface area contributed by atoms with Gasteiger partial charge in [0.05, 0.1) is 34.3 Å². The summed E-state index contributed by atoms with van der Waals surface area (Å²) in [4.78, 5) is 4.66. The number of rotatable bonds is 4. The van der Waals surface area contributed by atoms with E-state index in [-0.39, 0.29) is 12.2 Å². The topological polar surface area (TPSA) is 127 Å². The first-order valence-corrected chi connectivity index (χ1v) is 11.1. The Morgan fingerprint density at radius 2 is 1.78 bits per heavy atom. The van der Waals surface area contributed by atoms with Gasteiger partial charge in [-0.1, -0.05) is 12.0 Å². The maximum atomic E-state index is 13.8. The van der Waals surface area contributed by atoms with Crippen LogP contribution in [-0.2, 0) is 13.5 Å². The summed E-state index contributed by atoms with van der Waals surface area (Å²) in [6.07, 6.45) is 0.101. The number of benzene rings is 2. The van der Waals surface area contributed by atoms with Crippen LogP contribution in [0.2, 0.25) is 0 Å². The number of anilines is 1. The van der Waals surface area contributed by atoms with Crippen molar-refractivity contribution < 1.29 is 13.9 Å². The number of nitriles is 1. The predicted octanol–water partition coefficient (Wildman–Crippen LogP) is 3.73. The fourth-order valence-corrected chi connectivity index (χ4v) is 4.11. The lowest BCUT2D eigenvalue weighted by Crippen LogP contribution is -2.17. The standard InChI is InChI=1S/C27H24F2N6O/c1-27(2,36)9-8-19-5-7-20(21-6-4-16(14-30)23-25(21)35(3)34-26(23)32)24(33-19)22(31)12-15-10-17(28)13-18(29)11-15/h4-7,10-11,13,22,36H,12,31H2,1-3H3,(H2,32,34)/t22-/m0/s1. The van der Waals surface area contributed by atoms with Crippen LogP contribution in [0.5, 0.6) is 0 Å². The van der Waals surface area contributed by atoms with Gasteiger partial charge in [-0.25, -0.2) is 13.8 Å². The minimum absolute atomic E-state index is 0.101. The highest BCUT2D eigenvalue weighted by molar-refractivity contribution is 6.03. The average molecular weight is 487 g/mol. The molecule has 0 saturated heterocycles. The molecule has 2 heterocycles. The third-order valence-electron chi connectivity index (χ3n) is 5.58. The minimum atomic E-state index is -1.23. The van der Waals surface area contributed by atoms with E-state index < -0.39 is 23.3 Å². The van der Waals surface area contributed by atoms with Crippen LogP contribution < -0.4 is 11.5 Å². The fraction of sp³-hybridized carbons (Fsp3) is 0.222. The van der Waals surface area contributed by atoms with Crippen LogP contribution in [0.4, 0.5) is 14.6 Å². The number of fused-ring (bicyclic) bond motifs is 1. The highest BCUT2D eigenvalue weighted by atomic mass is 19.1. The summed E-state index contributed by atoms with van der Waals surface area (Å²) in [6.45, 7) is 3.11. The fourth-order valence-electron chi connectivity index (χ4n) is 4.11. The Hall–Kier alpha value is -4.31. The molecule has 0 bridgehead atoms. The molecular weight excluding hydrogens is 462 g/mol. The van der Waals surface area contributed by atoms with E-state index in [1.807, 2.05) is 0 Å². The van der Waals surface area contributed by atoms with E-state index in [9.17, 15) is 19.1 Å². The first-order valence-electron chi connectivity index (χ1n) is 11.1. The molecule has 0 aliphatic heterocycles. The molecule has 0 fully saturated rings. The van der Waals surface area contributed by atoms with E-state index in [1.54, 1.807) is 49.8 Å². The zero-order valence-corrected chi connectivity index (χ0v) is 20.0. The Morgan fingerprint density at radius 3 is 2.42 bits per heavy atom. The van der Waals surface area contributed by atoms with Crippen LogP contribution in [0, 0.1) is 34.8 Å². The first-order chi connectivity index (χ1) is 17.0. The van der Waals surface area contributed by atoms with Crippen molar-refractivity contribution in [1.82, 2.24) is 14.8 Å². The maximum absolute atomic E-state index is 13.8. The van der Waals surface area contributed by atoms with Gasteiger partial charge in [0.2, 0.25) is 0 Å². The summed E-state index contributed by atoms with van der Waals surface area (Å²) < 4.78 is 29.2. The van der Waals surface area contributed by atoms with E-state index in [2.05, 4.69) is 28.0 Å². The van der Waals surface area contributed by atoms with Crippen LogP contribution >= 0.6 is 0 Å². The van der Waals surface area contributed by atoms with Crippen LogP contribution in [0.3, 0.4) is 0 Å². The third-order valence-corrected chi connectivity index (χ3v) is 5.58. The second-order valence-electron chi connectivity index (χ2n) is 9.03. The van der Waals surface area contributed by atoms with E-state index in [0.29, 0.717) is 44.5 Å². The van der Waals surface area contributed by atoms with Gasteiger partial charge in [0.15, 0.2) is 5.82 Å². The molecule has 36 heavy (non-hydrogen) atoms. The number of aryl methyl sites for hydroxylation is 1. The van der Waals surface area contributed by atoms with E-state index in [4.69, 9.17) is 11.5 Å². The van der Waals surface area contributed by atoms with Gasteiger partial charge in [-0.15, -0.1) is 0 Å². The maximum Gasteiger partial charge on any atom is 0.154 e. The molecule has 5 N–H and O–H groups in total. The molecular formula is C27H24F2N6O. The zero-order chi connectivity index (χ0) is 26.2. The lowest BCUT2D eigenvalue weighted by molar-refractivity contribution is 0.143. The van der Waals surface area contributed by atoms with Crippen molar-refractivity contribution in [3.8, 4) is 29.0 Å². The minimum Gasteiger partial charge on any atom is -0.382 e. The Bertz CT molecular complexity index is 1560. The summed E-state index contributed by atoms with van der Waals surface area (Å²) in [5.74, 6) is 4.38. The molecule has 0 saturated carbocycles. The van der Waals surface area contributed by atoms with Crippen molar-refractivity contribution >= 4 is 16.7 Å². The molecule has 0 radical (unpaired) electrons. The van der Waals surface area contributed by atoms with Gasteiger partial charge >= 0.3 is 0 Å². The van der Waals surface area contributed by atoms with E-state index in [1.165, 1.54) is 12.1 Å². The molecule has 0 unspecified atom stereocenters. The van der Waals surface area contributed by atoms with Gasteiger partial charge in [0, 0.05) is 24.2 Å². The van der Waals surface area contributed by atoms with Gasteiger partial charge in [0.25, 0.3) is 0 Å². The van der Waals surface area contributed by atoms with Crippen molar-refractivity contribution in [2.24, 2.45) is 12.8 Å². The second kappa shape index (κ2) is 9.38. The quantitative estimate of drug-likeness (QED) is 0.377. The Labute approximate surface area is 207 Å². The van der Waals surface area contributed by atoms with E-state index >= 15 is 0 Å². The molecule has 0 aliphatic carbocycles. The second-order valence-corrected chi connectivity index (χ2v) is 9.03. The molecule has 9 heteroatoms. The summed E-state index contributed by atoms with van der Waals surface area (Å²) in [5.41, 5.74) is 14.9. The molecule has 182 valence electrons. The smallest absolute Gasteiger partial charge is 0.154 e. The number of aromatic nitrogens is 3. The van der Waals surface area contributed by atoms with Crippen LogP contribution in [0.15, 0.2) is 42.5 Å². The molecule has 1 atom stereocenters. The lowest BCUT2D eigenvalue weighted by Gasteiger charge is -2.18. The molecule has 0 aliphatic rings. The largest absolute Gasteiger partial charge is 0.382 e. The number of pyridine rings is 1. The highest BCUT2D eigenvalue weighted by Crippen LogP contribution is 2.36. The monoisotopic (exact) mass is 486 g/mol.